The fourth-order valence-corrected chi connectivity index (χ4v) is 2.70. The van der Waals surface area contributed by atoms with Gasteiger partial charge in [0.1, 0.15) is 0 Å². The maximum Gasteiger partial charge on any atom is 0.0684 e. The van der Waals surface area contributed by atoms with E-state index >= 15 is 0 Å². The predicted molar refractivity (Wildman–Crippen MR) is 72.3 cm³/mol. The van der Waals surface area contributed by atoms with Crippen molar-refractivity contribution in [1.82, 2.24) is 0 Å². The minimum Gasteiger partial charge on any atom is -0.392 e. The first kappa shape index (κ1) is 12.4. The third-order valence-electron chi connectivity index (χ3n) is 3.76. The molecule has 1 N–H and O–H groups in total. The summed E-state index contributed by atoms with van der Waals surface area (Å²) in [4.78, 5) is 2.47. The normalized spacial score (nSPS) is 19.4. The van der Waals surface area contributed by atoms with Crippen LogP contribution in [0.25, 0.3) is 0 Å². The Morgan fingerprint density at radius 2 is 2.12 bits per heavy atom. The second-order valence-corrected chi connectivity index (χ2v) is 5.96. The standard InChI is InChI=1S/C15H23NO/c1-12-9-14(6-5-13(12)10-17)16-8-4-7-15(2,3)11-16/h5-6,9,17H,4,7-8,10-11H2,1-3H3. The Hall–Kier alpha value is -1.02. The molecule has 0 unspecified atom stereocenters. The van der Waals surface area contributed by atoms with Crippen molar-refractivity contribution in [1.29, 1.82) is 0 Å². The molecule has 94 valence electrons. The van der Waals surface area contributed by atoms with Crippen molar-refractivity contribution >= 4 is 5.69 Å². The first-order valence-corrected chi connectivity index (χ1v) is 6.47. The number of benzene rings is 1. The molecule has 0 bridgehead atoms. The van der Waals surface area contributed by atoms with Gasteiger partial charge in [0.05, 0.1) is 6.61 Å². The van der Waals surface area contributed by atoms with Crippen molar-refractivity contribution in [2.75, 3.05) is 18.0 Å². The van der Waals surface area contributed by atoms with Crippen LogP contribution in [0.5, 0.6) is 0 Å². The molecule has 0 amide bonds. The van der Waals surface area contributed by atoms with Gasteiger partial charge in [-0.15, -0.1) is 0 Å². The predicted octanol–water partition coefficient (Wildman–Crippen LogP) is 3.11. The minimum atomic E-state index is 0.137. The Morgan fingerprint density at radius 3 is 2.71 bits per heavy atom. The number of hydrogen-bond donors (Lipinski definition) is 1. The van der Waals surface area contributed by atoms with E-state index in [1.807, 2.05) is 6.07 Å². The van der Waals surface area contributed by atoms with Crippen LogP contribution in [0.1, 0.15) is 37.8 Å². The number of nitrogens with zero attached hydrogens (tertiary/aromatic N) is 1. The second-order valence-electron chi connectivity index (χ2n) is 5.96. The summed E-state index contributed by atoms with van der Waals surface area (Å²) < 4.78 is 0. The Labute approximate surface area is 104 Å². The van der Waals surface area contributed by atoms with Crippen LogP contribution < -0.4 is 4.90 Å². The molecule has 0 aliphatic carbocycles. The average Bonchev–Trinajstić information content (AvgIpc) is 2.27. The number of rotatable bonds is 2. The smallest absolute Gasteiger partial charge is 0.0684 e. The summed E-state index contributed by atoms with van der Waals surface area (Å²) in [6.45, 7) is 9.18. The van der Waals surface area contributed by atoms with Crippen LogP contribution in [-0.2, 0) is 6.61 Å². The van der Waals surface area contributed by atoms with Gasteiger partial charge in [0.25, 0.3) is 0 Å². The molecule has 0 saturated carbocycles. The fraction of sp³-hybridized carbons (Fsp3) is 0.600. The quantitative estimate of drug-likeness (QED) is 0.848. The highest BCUT2D eigenvalue weighted by Gasteiger charge is 2.26. The molecule has 0 spiro atoms. The van der Waals surface area contributed by atoms with Gasteiger partial charge in [0.15, 0.2) is 0 Å². The van der Waals surface area contributed by atoms with Crippen molar-refractivity contribution in [3.63, 3.8) is 0 Å². The molecule has 1 heterocycles. The summed E-state index contributed by atoms with van der Waals surface area (Å²) in [5.41, 5.74) is 3.94. The minimum absolute atomic E-state index is 0.137. The molecule has 1 aliphatic rings. The lowest BCUT2D eigenvalue weighted by Gasteiger charge is -2.39. The van der Waals surface area contributed by atoms with Gasteiger partial charge in [-0.25, -0.2) is 0 Å². The summed E-state index contributed by atoms with van der Waals surface area (Å²) in [6, 6.07) is 6.39. The molecule has 0 aromatic heterocycles. The second kappa shape index (κ2) is 4.69. The number of piperidine rings is 1. The zero-order chi connectivity index (χ0) is 12.5. The highest BCUT2D eigenvalue weighted by atomic mass is 16.3. The maximum atomic E-state index is 9.19. The van der Waals surface area contributed by atoms with E-state index in [4.69, 9.17) is 0 Å². The number of aliphatic hydroxyl groups excluding tert-OH is 1. The monoisotopic (exact) mass is 233 g/mol. The van der Waals surface area contributed by atoms with Crippen molar-refractivity contribution in [2.24, 2.45) is 5.41 Å². The summed E-state index contributed by atoms with van der Waals surface area (Å²) >= 11 is 0. The van der Waals surface area contributed by atoms with Gasteiger partial charge in [0.2, 0.25) is 0 Å². The summed E-state index contributed by atoms with van der Waals surface area (Å²) in [5, 5.41) is 9.19. The van der Waals surface area contributed by atoms with E-state index in [1.165, 1.54) is 24.1 Å². The molecule has 17 heavy (non-hydrogen) atoms. The van der Waals surface area contributed by atoms with Crippen LogP contribution in [0.3, 0.4) is 0 Å². The fourth-order valence-electron chi connectivity index (χ4n) is 2.70. The first-order valence-electron chi connectivity index (χ1n) is 6.47. The van der Waals surface area contributed by atoms with E-state index in [0.29, 0.717) is 5.41 Å². The van der Waals surface area contributed by atoms with Crippen LogP contribution in [0, 0.1) is 12.3 Å². The number of aryl methyl sites for hydroxylation is 1. The van der Waals surface area contributed by atoms with Crippen molar-refractivity contribution in [3.8, 4) is 0 Å². The largest absolute Gasteiger partial charge is 0.392 e. The van der Waals surface area contributed by atoms with Gasteiger partial charge in [-0.1, -0.05) is 19.9 Å². The number of anilines is 1. The Morgan fingerprint density at radius 1 is 1.35 bits per heavy atom. The first-order chi connectivity index (χ1) is 8.02. The zero-order valence-corrected chi connectivity index (χ0v) is 11.2. The molecular weight excluding hydrogens is 210 g/mol. The lowest BCUT2D eigenvalue weighted by atomic mass is 9.84. The van der Waals surface area contributed by atoms with Gasteiger partial charge in [-0.05, 0) is 48.4 Å². The number of hydrogen-bond acceptors (Lipinski definition) is 2. The topological polar surface area (TPSA) is 23.5 Å². The third kappa shape index (κ3) is 2.81. The molecule has 1 fully saturated rings. The Balaban J connectivity index is 2.19. The molecule has 0 atom stereocenters. The SMILES string of the molecule is Cc1cc(N2CCCC(C)(C)C2)ccc1CO. The summed E-state index contributed by atoms with van der Waals surface area (Å²) in [6.07, 6.45) is 2.59. The van der Waals surface area contributed by atoms with E-state index in [2.05, 4.69) is 37.8 Å². The highest BCUT2D eigenvalue weighted by molar-refractivity contribution is 5.51. The van der Waals surface area contributed by atoms with E-state index in [1.54, 1.807) is 0 Å². The maximum absolute atomic E-state index is 9.19. The van der Waals surface area contributed by atoms with Crippen LogP contribution in [0.15, 0.2) is 18.2 Å². The van der Waals surface area contributed by atoms with Crippen molar-refractivity contribution < 1.29 is 5.11 Å². The van der Waals surface area contributed by atoms with Crippen LogP contribution >= 0.6 is 0 Å². The molecule has 1 aromatic rings. The van der Waals surface area contributed by atoms with E-state index in [-0.39, 0.29) is 6.61 Å². The highest BCUT2D eigenvalue weighted by Crippen LogP contribution is 2.32. The molecule has 2 nitrogen and oxygen atoms in total. The van der Waals surface area contributed by atoms with Gasteiger partial charge in [-0.3, -0.25) is 0 Å². The van der Waals surface area contributed by atoms with E-state index in [9.17, 15) is 5.11 Å². The van der Waals surface area contributed by atoms with E-state index in [0.717, 1.165) is 18.7 Å². The molecule has 0 radical (unpaired) electrons. The molecule has 2 heteroatoms. The van der Waals surface area contributed by atoms with Gasteiger partial charge in [-0.2, -0.15) is 0 Å². The van der Waals surface area contributed by atoms with Gasteiger partial charge < -0.3 is 10.0 Å². The molecular formula is C15H23NO. The van der Waals surface area contributed by atoms with E-state index < -0.39 is 0 Å². The lowest BCUT2D eigenvalue weighted by Crippen LogP contribution is -2.40. The molecule has 2 rings (SSSR count). The Bertz CT molecular complexity index is 398. The molecule has 1 aromatic carbocycles. The van der Waals surface area contributed by atoms with Gasteiger partial charge >= 0.3 is 0 Å². The summed E-state index contributed by atoms with van der Waals surface area (Å²) in [7, 11) is 0. The van der Waals surface area contributed by atoms with Crippen molar-refractivity contribution in [2.45, 2.75) is 40.2 Å². The molecule has 1 aliphatic heterocycles. The molecule has 1 saturated heterocycles. The lowest BCUT2D eigenvalue weighted by molar-refractivity contribution is 0.281. The summed E-state index contributed by atoms with van der Waals surface area (Å²) in [5.74, 6) is 0. The van der Waals surface area contributed by atoms with Gasteiger partial charge in [0, 0.05) is 18.8 Å². The number of aliphatic hydroxyl groups is 1. The third-order valence-corrected chi connectivity index (χ3v) is 3.76. The Kier molecular flexibility index (Phi) is 3.43. The van der Waals surface area contributed by atoms with Crippen molar-refractivity contribution in [3.05, 3.63) is 29.3 Å². The van der Waals surface area contributed by atoms with Crippen LogP contribution in [-0.4, -0.2) is 18.2 Å². The van der Waals surface area contributed by atoms with Crippen LogP contribution in [0.4, 0.5) is 5.69 Å². The average molecular weight is 233 g/mol. The zero-order valence-electron chi connectivity index (χ0n) is 11.2. The van der Waals surface area contributed by atoms with Crippen LogP contribution in [0.2, 0.25) is 0 Å².